The van der Waals surface area contributed by atoms with Crippen LogP contribution in [0.3, 0.4) is 0 Å². The lowest BCUT2D eigenvalue weighted by molar-refractivity contribution is -0.149. The van der Waals surface area contributed by atoms with E-state index in [-0.39, 0.29) is 29.5 Å². The number of likely N-dealkylation sites (tertiary alicyclic amines) is 1. The molecule has 2 heterocycles. The number of amides is 1. The van der Waals surface area contributed by atoms with Crippen molar-refractivity contribution in [3.05, 3.63) is 47.7 Å². The molecule has 1 aromatic heterocycles. The second-order valence-corrected chi connectivity index (χ2v) is 9.21. The first-order valence-electron chi connectivity index (χ1n) is 12.1. The molecule has 1 amide bonds. The van der Waals surface area contributed by atoms with Gasteiger partial charge in [-0.3, -0.25) is 14.5 Å². The summed E-state index contributed by atoms with van der Waals surface area (Å²) in [7, 11) is 1.66. The molecular weight excluding hydrogens is 434 g/mol. The summed E-state index contributed by atoms with van der Waals surface area (Å²) >= 11 is 0. The number of aromatic nitrogens is 1. The highest BCUT2D eigenvalue weighted by atomic mass is 16.5. The van der Waals surface area contributed by atoms with Gasteiger partial charge < -0.3 is 18.8 Å². The van der Waals surface area contributed by atoms with E-state index in [9.17, 15) is 9.59 Å². The Balaban J connectivity index is 1.69. The normalized spacial score (nSPS) is 17.1. The first-order valence-corrected chi connectivity index (χ1v) is 12.1. The number of carbonyl (C=O) groups is 2. The molecule has 1 aliphatic rings. The third-order valence-corrected chi connectivity index (χ3v) is 6.50. The number of oxazole rings is 1. The van der Waals surface area contributed by atoms with Crippen molar-refractivity contribution in [2.45, 2.75) is 59.7 Å². The molecule has 0 bridgehead atoms. The van der Waals surface area contributed by atoms with Crippen LogP contribution in [-0.4, -0.2) is 59.5 Å². The van der Waals surface area contributed by atoms with Crippen LogP contribution < -0.4 is 4.74 Å². The minimum atomic E-state index is -0.283. The summed E-state index contributed by atoms with van der Waals surface area (Å²) in [6.07, 6.45) is 2.93. The monoisotopic (exact) mass is 471 g/mol. The first-order chi connectivity index (χ1) is 16.3. The molecule has 0 radical (unpaired) electrons. The number of hydrogen-bond donors (Lipinski definition) is 0. The molecular formula is C26H37N3O5. The van der Waals surface area contributed by atoms with Gasteiger partial charge in [-0.2, -0.15) is 0 Å². The van der Waals surface area contributed by atoms with E-state index in [1.807, 2.05) is 18.2 Å². The van der Waals surface area contributed by atoms with Crippen molar-refractivity contribution in [3.63, 3.8) is 0 Å². The zero-order valence-electron chi connectivity index (χ0n) is 21.0. The summed E-state index contributed by atoms with van der Waals surface area (Å²) in [5.41, 5.74) is 1.41. The van der Waals surface area contributed by atoms with Gasteiger partial charge in [0.2, 0.25) is 5.89 Å². The van der Waals surface area contributed by atoms with Crippen LogP contribution in [0.15, 0.2) is 34.9 Å². The Labute approximate surface area is 202 Å². The highest BCUT2D eigenvalue weighted by Gasteiger charge is 2.31. The van der Waals surface area contributed by atoms with Crippen molar-refractivity contribution in [3.8, 4) is 5.75 Å². The third kappa shape index (κ3) is 6.59. The predicted molar refractivity (Wildman–Crippen MR) is 128 cm³/mol. The minimum Gasteiger partial charge on any atom is -0.497 e. The molecule has 186 valence electrons. The second-order valence-electron chi connectivity index (χ2n) is 9.21. The van der Waals surface area contributed by atoms with Crippen LogP contribution in [0.4, 0.5) is 0 Å². The summed E-state index contributed by atoms with van der Waals surface area (Å²) in [6.45, 7) is 10.8. The summed E-state index contributed by atoms with van der Waals surface area (Å²) in [5, 5.41) is 0. The van der Waals surface area contributed by atoms with Crippen LogP contribution >= 0.6 is 0 Å². The van der Waals surface area contributed by atoms with Crippen LogP contribution in [0.5, 0.6) is 5.75 Å². The second kappa shape index (κ2) is 12.0. The Kier molecular flexibility index (Phi) is 9.10. The van der Waals surface area contributed by atoms with E-state index >= 15 is 0 Å². The molecule has 1 saturated heterocycles. The van der Waals surface area contributed by atoms with E-state index in [2.05, 4.69) is 36.7 Å². The lowest BCUT2D eigenvalue weighted by atomic mass is 9.98. The van der Waals surface area contributed by atoms with Gasteiger partial charge in [0.05, 0.1) is 26.2 Å². The molecule has 8 nitrogen and oxygen atoms in total. The Morgan fingerprint density at radius 3 is 2.76 bits per heavy atom. The Morgan fingerprint density at radius 2 is 2.06 bits per heavy atom. The summed E-state index contributed by atoms with van der Waals surface area (Å²) < 4.78 is 16.2. The maximum atomic E-state index is 13.1. The van der Waals surface area contributed by atoms with Crippen molar-refractivity contribution < 1.29 is 23.5 Å². The Hall–Kier alpha value is -2.87. The smallest absolute Gasteiger partial charge is 0.310 e. The summed E-state index contributed by atoms with van der Waals surface area (Å²) in [4.78, 5) is 33.7. The van der Waals surface area contributed by atoms with Gasteiger partial charge in [-0.05, 0) is 50.3 Å². The molecule has 0 spiro atoms. The molecule has 8 heteroatoms. The molecule has 2 unspecified atom stereocenters. The van der Waals surface area contributed by atoms with Gasteiger partial charge >= 0.3 is 5.97 Å². The van der Waals surface area contributed by atoms with E-state index in [1.54, 1.807) is 18.9 Å². The maximum absolute atomic E-state index is 13.1. The highest BCUT2D eigenvalue weighted by Crippen LogP contribution is 2.22. The van der Waals surface area contributed by atoms with Crippen molar-refractivity contribution in [1.82, 2.24) is 14.8 Å². The summed E-state index contributed by atoms with van der Waals surface area (Å²) in [5.74, 6) is 1.01. The van der Waals surface area contributed by atoms with Crippen molar-refractivity contribution in [2.24, 2.45) is 11.8 Å². The van der Waals surface area contributed by atoms with Gasteiger partial charge in [-0.1, -0.05) is 26.0 Å². The lowest BCUT2D eigenvalue weighted by Crippen LogP contribution is -2.43. The van der Waals surface area contributed by atoms with Crippen LogP contribution in [-0.2, 0) is 22.6 Å². The fourth-order valence-electron chi connectivity index (χ4n) is 4.20. The van der Waals surface area contributed by atoms with Gasteiger partial charge in [0.15, 0.2) is 5.69 Å². The van der Waals surface area contributed by atoms with Gasteiger partial charge in [-0.25, -0.2) is 4.98 Å². The number of methoxy groups -OCH3 is 1. The molecule has 0 N–H and O–H groups in total. The Morgan fingerprint density at radius 1 is 1.26 bits per heavy atom. The quantitative estimate of drug-likeness (QED) is 0.481. The molecule has 34 heavy (non-hydrogen) atoms. The van der Waals surface area contributed by atoms with Crippen LogP contribution in [0.1, 0.15) is 62.5 Å². The number of benzene rings is 1. The maximum Gasteiger partial charge on any atom is 0.310 e. The zero-order chi connectivity index (χ0) is 24.7. The highest BCUT2D eigenvalue weighted by molar-refractivity contribution is 5.92. The number of esters is 1. The molecule has 1 aromatic carbocycles. The number of hydrogen-bond acceptors (Lipinski definition) is 7. The number of piperidine rings is 1. The van der Waals surface area contributed by atoms with E-state index in [4.69, 9.17) is 13.9 Å². The van der Waals surface area contributed by atoms with Crippen LogP contribution in [0.2, 0.25) is 0 Å². The average Bonchev–Trinajstić information content (AvgIpc) is 3.31. The number of ether oxygens (including phenoxy) is 2. The van der Waals surface area contributed by atoms with Gasteiger partial charge in [0.1, 0.15) is 12.0 Å². The fourth-order valence-corrected chi connectivity index (χ4v) is 4.20. The fraction of sp³-hybridized carbons (Fsp3) is 0.577. The molecule has 1 aliphatic heterocycles. The van der Waals surface area contributed by atoms with E-state index in [0.29, 0.717) is 44.6 Å². The van der Waals surface area contributed by atoms with Crippen molar-refractivity contribution in [2.75, 3.05) is 26.8 Å². The van der Waals surface area contributed by atoms with E-state index in [1.165, 1.54) is 6.26 Å². The SMILES string of the molecule is CCOC(=O)C1CCCN(C(=O)c2coc(CN(Cc3cccc(OC)c3)C(C)C(C)C)n2)C1. The van der Waals surface area contributed by atoms with Gasteiger partial charge in [0.25, 0.3) is 5.91 Å². The zero-order valence-corrected chi connectivity index (χ0v) is 21.0. The van der Waals surface area contributed by atoms with Crippen molar-refractivity contribution in [1.29, 1.82) is 0 Å². The average molecular weight is 472 g/mol. The molecule has 2 aromatic rings. The topological polar surface area (TPSA) is 85.1 Å². The Bertz CT molecular complexity index is 957. The van der Waals surface area contributed by atoms with Crippen LogP contribution in [0, 0.1) is 11.8 Å². The van der Waals surface area contributed by atoms with E-state index < -0.39 is 0 Å². The molecule has 0 aliphatic carbocycles. The molecule has 0 saturated carbocycles. The van der Waals surface area contributed by atoms with Gasteiger partial charge in [0, 0.05) is 25.7 Å². The molecule has 3 rings (SSSR count). The summed E-state index contributed by atoms with van der Waals surface area (Å²) in [6, 6.07) is 8.28. The largest absolute Gasteiger partial charge is 0.497 e. The number of rotatable bonds is 10. The van der Waals surface area contributed by atoms with Crippen LogP contribution in [0.25, 0.3) is 0 Å². The van der Waals surface area contributed by atoms with Crippen molar-refractivity contribution >= 4 is 11.9 Å². The standard InChI is InChI=1S/C26H37N3O5/c1-6-33-26(31)21-10-8-12-28(15-21)25(30)23-17-34-24(27-23)16-29(19(4)18(2)3)14-20-9-7-11-22(13-20)32-5/h7,9,11,13,17-19,21H,6,8,10,12,14-16H2,1-5H3. The minimum absolute atomic E-state index is 0.208. The van der Waals surface area contributed by atoms with Gasteiger partial charge in [-0.15, -0.1) is 0 Å². The van der Waals surface area contributed by atoms with E-state index in [0.717, 1.165) is 24.2 Å². The number of nitrogens with zero attached hydrogens (tertiary/aromatic N) is 3. The third-order valence-electron chi connectivity index (χ3n) is 6.50. The predicted octanol–water partition coefficient (Wildman–Crippen LogP) is 4.15. The molecule has 1 fully saturated rings. The lowest BCUT2D eigenvalue weighted by Gasteiger charge is -2.31. The number of carbonyl (C=O) groups excluding carboxylic acids is 2. The molecule has 2 atom stereocenters. The first kappa shape index (κ1) is 25.7.